The Bertz CT molecular complexity index is 397. The second kappa shape index (κ2) is 4.59. The van der Waals surface area contributed by atoms with Gasteiger partial charge in [0.05, 0.1) is 0 Å². The van der Waals surface area contributed by atoms with Gasteiger partial charge in [0.1, 0.15) is 18.0 Å². The monoisotopic (exact) mass is 254 g/mol. The predicted molar refractivity (Wildman–Crippen MR) is 67.9 cm³/mol. The fourth-order valence-electron chi connectivity index (χ4n) is 3.45. The second-order valence-corrected chi connectivity index (χ2v) is 5.94. The van der Waals surface area contributed by atoms with Gasteiger partial charge in [-0.3, -0.25) is 9.59 Å². The molecule has 2 N–H and O–H groups in total. The molecule has 0 amide bonds. The van der Waals surface area contributed by atoms with Gasteiger partial charge in [-0.15, -0.1) is 0 Å². The Kier molecular flexibility index (Phi) is 3.84. The number of carbonyl (C=O) groups excluding carboxylic acids is 2. The zero-order chi connectivity index (χ0) is 14.3. The predicted octanol–water partition coefficient (Wildman–Crippen LogP) is 1.10. The zero-order valence-electron chi connectivity index (χ0n) is 11.6. The summed E-state index contributed by atoms with van der Waals surface area (Å²) >= 11 is 0. The number of Topliss-reactive ketones (excluding diaryl/α,β-unsaturated/α-hetero) is 2. The van der Waals surface area contributed by atoms with Crippen molar-refractivity contribution in [3.63, 3.8) is 0 Å². The first-order chi connectivity index (χ1) is 8.10. The van der Waals surface area contributed by atoms with Crippen molar-refractivity contribution < 1.29 is 19.8 Å². The zero-order valence-corrected chi connectivity index (χ0v) is 11.6. The highest BCUT2D eigenvalue weighted by atomic mass is 16.3. The van der Waals surface area contributed by atoms with E-state index in [0.717, 1.165) is 0 Å². The molecule has 0 aromatic heterocycles. The van der Waals surface area contributed by atoms with Gasteiger partial charge in [0.2, 0.25) is 0 Å². The Morgan fingerprint density at radius 1 is 1.22 bits per heavy atom. The van der Waals surface area contributed by atoms with Gasteiger partial charge >= 0.3 is 0 Å². The van der Waals surface area contributed by atoms with Crippen molar-refractivity contribution in [2.45, 2.75) is 46.8 Å². The van der Waals surface area contributed by atoms with E-state index in [0.29, 0.717) is 0 Å². The molecule has 0 spiro atoms. The molecular weight excluding hydrogens is 232 g/mol. The molecule has 102 valence electrons. The summed E-state index contributed by atoms with van der Waals surface area (Å²) in [6, 6.07) is 0. The van der Waals surface area contributed by atoms with Crippen LogP contribution in [0.25, 0.3) is 0 Å². The van der Waals surface area contributed by atoms with Crippen LogP contribution in [-0.4, -0.2) is 34.0 Å². The van der Waals surface area contributed by atoms with Crippen molar-refractivity contribution >= 4 is 11.6 Å². The van der Waals surface area contributed by atoms with Crippen LogP contribution >= 0.6 is 0 Å². The first-order valence-electron chi connectivity index (χ1n) is 6.14. The standard InChI is InChI=1S/C14H22O4/c1-6-7-14(5)10(8(2)15)13(3,4)11(17)9(16)12(14)18/h6-7,10-12,17-18H,1-5H3. The largest absolute Gasteiger partial charge is 0.385 e. The molecule has 1 fully saturated rings. The van der Waals surface area contributed by atoms with E-state index in [2.05, 4.69) is 0 Å². The Hall–Kier alpha value is -1.00. The molecule has 0 radical (unpaired) electrons. The van der Waals surface area contributed by atoms with E-state index in [9.17, 15) is 19.8 Å². The Morgan fingerprint density at radius 3 is 2.11 bits per heavy atom. The van der Waals surface area contributed by atoms with Crippen LogP contribution in [0, 0.1) is 16.7 Å². The van der Waals surface area contributed by atoms with Crippen molar-refractivity contribution in [1.29, 1.82) is 0 Å². The van der Waals surface area contributed by atoms with Crippen molar-refractivity contribution in [2.24, 2.45) is 16.7 Å². The summed E-state index contributed by atoms with van der Waals surface area (Å²) in [5, 5.41) is 20.1. The lowest BCUT2D eigenvalue weighted by Gasteiger charge is -2.52. The molecule has 0 aromatic carbocycles. The van der Waals surface area contributed by atoms with Crippen LogP contribution in [-0.2, 0) is 9.59 Å². The Balaban J connectivity index is 3.46. The fourth-order valence-corrected chi connectivity index (χ4v) is 3.45. The maximum Gasteiger partial charge on any atom is 0.191 e. The molecule has 1 saturated carbocycles. The third-order valence-electron chi connectivity index (χ3n) is 4.13. The third-order valence-corrected chi connectivity index (χ3v) is 4.13. The summed E-state index contributed by atoms with van der Waals surface area (Å²) in [7, 11) is 0. The van der Waals surface area contributed by atoms with Gasteiger partial charge < -0.3 is 10.2 Å². The fraction of sp³-hybridized carbons (Fsp3) is 0.714. The Morgan fingerprint density at radius 2 is 1.72 bits per heavy atom. The van der Waals surface area contributed by atoms with Gasteiger partial charge in [0.25, 0.3) is 0 Å². The smallest absolute Gasteiger partial charge is 0.191 e. The van der Waals surface area contributed by atoms with Crippen LogP contribution in [0.4, 0.5) is 0 Å². The molecule has 0 bridgehead atoms. The summed E-state index contributed by atoms with van der Waals surface area (Å²) in [4.78, 5) is 23.9. The average Bonchev–Trinajstić information content (AvgIpc) is 2.23. The summed E-state index contributed by atoms with van der Waals surface area (Å²) < 4.78 is 0. The molecule has 1 aliphatic rings. The minimum absolute atomic E-state index is 0.133. The topological polar surface area (TPSA) is 74.6 Å². The number of carbonyl (C=O) groups is 2. The highest BCUT2D eigenvalue weighted by molar-refractivity contribution is 5.94. The van der Waals surface area contributed by atoms with Gasteiger partial charge in [0.15, 0.2) is 5.78 Å². The minimum atomic E-state index is -1.36. The maximum absolute atomic E-state index is 12.0. The Labute approximate surface area is 108 Å². The van der Waals surface area contributed by atoms with E-state index in [1.54, 1.807) is 39.8 Å². The van der Waals surface area contributed by atoms with Gasteiger partial charge in [0, 0.05) is 16.7 Å². The molecule has 0 aliphatic heterocycles. The van der Waals surface area contributed by atoms with Crippen molar-refractivity contribution in [1.82, 2.24) is 0 Å². The maximum atomic E-state index is 12.0. The number of hydrogen-bond acceptors (Lipinski definition) is 4. The number of rotatable bonds is 2. The van der Waals surface area contributed by atoms with E-state index >= 15 is 0 Å². The number of hydrogen-bond donors (Lipinski definition) is 2. The van der Waals surface area contributed by atoms with E-state index in [1.807, 2.05) is 0 Å². The first kappa shape index (κ1) is 15.1. The van der Waals surface area contributed by atoms with E-state index in [1.165, 1.54) is 6.92 Å². The van der Waals surface area contributed by atoms with Crippen molar-refractivity contribution in [2.75, 3.05) is 0 Å². The highest BCUT2D eigenvalue weighted by Gasteiger charge is 2.60. The minimum Gasteiger partial charge on any atom is -0.385 e. The van der Waals surface area contributed by atoms with E-state index < -0.39 is 34.7 Å². The molecule has 1 aliphatic carbocycles. The molecule has 4 atom stereocenters. The average molecular weight is 254 g/mol. The number of aliphatic hydroxyl groups excluding tert-OH is 2. The van der Waals surface area contributed by atoms with Gasteiger partial charge in [-0.1, -0.05) is 32.9 Å². The highest BCUT2D eigenvalue weighted by Crippen LogP contribution is 2.51. The van der Waals surface area contributed by atoms with Crippen LogP contribution in [0.3, 0.4) is 0 Å². The number of allylic oxidation sites excluding steroid dienone is 1. The lowest BCUT2D eigenvalue weighted by atomic mass is 9.52. The molecule has 4 heteroatoms. The summed E-state index contributed by atoms with van der Waals surface area (Å²) in [5.74, 6) is -1.35. The van der Waals surface area contributed by atoms with Crippen LogP contribution in [0.1, 0.15) is 34.6 Å². The molecular formula is C14H22O4. The third kappa shape index (κ3) is 1.93. The molecule has 4 nitrogen and oxygen atoms in total. The van der Waals surface area contributed by atoms with Crippen molar-refractivity contribution in [3.8, 4) is 0 Å². The number of ketones is 2. The van der Waals surface area contributed by atoms with Crippen LogP contribution in [0.5, 0.6) is 0 Å². The molecule has 0 saturated heterocycles. The van der Waals surface area contributed by atoms with Gasteiger partial charge in [-0.05, 0) is 13.8 Å². The quantitative estimate of drug-likeness (QED) is 0.724. The lowest BCUT2D eigenvalue weighted by Crippen LogP contribution is -2.63. The second-order valence-electron chi connectivity index (χ2n) is 5.94. The number of aliphatic hydroxyl groups is 2. The van der Waals surface area contributed by atoms with E-state index in [-0.39, 0.29) is 5.78 Å². The summed E-state index contributed by atoms with van der Waals surface area (Å²) in [6.45, 7) is 8.28. The molecule has 18 heavy (non-hydrogen) atoms. The molecule has 4 unspecified atom stereocenters. The molecule has 1 rings (SSSR count). The van der Waals surface area contributed by atoms with Crippen LogP contribution in [0.2, 0.25) is 0 Å². The molecule has 0 heterocycles. The van der Waals surface area contributed by atoms with Crippen LogP contribution < -0.4 is 0 Å². The van der Waals surface area contributed by atoms with Crippen molar-refractivity contribution in [3.05, 3.63) is 12.2 Å². The van der Waals surface area contributed by atoms with Gasteiger partial charge in [-0.2, -0.15) is 0 Å². The van der Waals surface area contributed by atoms with Crippen LogP contribution in [0.15, 0.2) is 12.2 Å². The normalized spacial score (nSPS) is 40.2. The first-order valence-corrected chi connectivity index (χ1v) is 6.14. The molecule has 0 aromatic rings. The van der Waals surface area contributed by atoms with Gasteiger partial charge in [-0.25, -0.2) is 0 Å². The summed E-state index contributed by atoms with van der Waals surface area (Å²) in [6.07, 6.45) is 0.737. The SMILES string of the molecule is CC=CC1(C)C(O)C(=O)C(O)C(C)(C)C1C(C)=O. The van der Waals surface area contributed by atoms with E-state index in [4.69, 9.17) is 0 Å². The lowest BCUT2D eigenvalue weighted by molar-refractivity contribution is -0.175. The summed E-state index contributed by atoms with van der Waals surface area (Å²) in [5.41, 5.74) is -1.86.